The van der Waals surface area contributed by atoms with E-state index in [-0.39, 0.29) is 39.2 Å². The van der Waals surface area contributed by atoms with Gasteiger partial charge in [0.2, 0.25) is 10.9 Å². The number of phenolic OH excluding ortho intramolecular Hbond substituents is 1. The van der Waals surface area contributed by atoms with Crippen molar-refractivity contribution in [2.24, 2.45) is 0 Å². The van der Waals surface area contributed by atoms with Crippen LogP contribution in [0.4, 0.5) is 5.13 Å². The van der Waals surface area contributed by atoms with Crippen molar-refractivity contribution >= 4 is 60.9 Å². The molecule has 156 valence electrons. The highest BCUT2D eigenvalue weighted by Gasteiger charge is 2.45. The van der Waals surface area contributed by atoms with Crippen LogP contribution in [-0.4, -0.2) is 28.3 Å². The Hall–Kier alpha value is -2.95. The lowest BCUT2D eigenvalue weighted by atomic mass is 9.98. The summed E-state index contributed by atoms with van der Waals surface area (Å²) in [5.41, 5.74) is 2.02. The third-order valence-corrected chi connectivity index (χ3v) is 6.50. The molecule has 1 amide bonds. The number of amides is 1. The summed E-state index contributed by atoms with van der Waals surface area (Å²) in [6.45, 7) is 0. The van der Waals surface area contributed by atoms with Crippen molar-refractivity contribution in [3.63, 3.8) is 0 Å². The number of benzene rings is 2. The van der Waals surface area contributed by atoms with Crippen molar-refractivity contribution in [2.75, 3.05) is 12.0 Å². The van der Waals surface area contributed by atoms with Crippen molar-refractivity contribution in [3.8, 4) is 11.5 Å². The molecule has 1 N–H and O–H groups in total. The minimum Gasteiger partial charge on any atom is -0.503 e. The first-order chi connectivity index (χ1) is 14.9. The van der Waals surface area contributed by atoms with Crippen molar-refractivity contribution in [1.29, 1.82) is 0 Å². The minimum atomic E-state index is -0.874. The molecule has 0 saturated carbocycles. The number of rotatable bonds is 3. The standard InChI is InChI=1S/C20H11BrClN3O5S/c1-29-13-5-8(4-11(21)17(13)27)15-14-16(26)10-6-9(22)2-3-12(10)30-18(14)19(28)25(15)20-24-23-7-31-20/h2-7,15,27H,1H3. The number of ether oxygens (including phenoxy) is 1. The van der Waals surface area contributed by atoms with E-state index in [2.05, 4.69) is 26.1 Å². The zero-order valence-electron chi connectivity index (χ0n) is 15.6. The molecule has 11 heteroatoms. The van der Waals surface area contributed by atoms with Gasteiger partial charge in [-0.25, -0.2) is 0 Å². The molecule has 1 atom stereocenters. The fraction of sp³-hybridized carbons (Fsp3) is 0.100. The Labute approximate surface area is 191 Å². The van der Waals surface area contributed by atoms with E-state index < -0.39 is 11.9 Å². The average Bonchev–Trinajstić information content (AvgIpc) is 3.37. The zero-order valence-corrected chi connectivity index (χ0v) is 18.8. The highest BCUT2D eigenvalue weighted by molar-refractivity contribution is 9.10. The summed E-state index contributed by atoms with van der Waals surface area (Å²) < 4.78 is 11.5. The molecule has 0 bridgehead atoms. The maximum absolute atomic E-state index is 13.5. The third-order valence-electron chi connectivity index (χ3n) is 4.97. The molecule has 0 aliphatic carbocycles. The molecule has 2 aromatic carbocycles. The highest BCUT2D eigenvalue weighted by atomic mass is 79.9. The van der Waals surface area contributed by atoms with Gasteiger partial charge in [0.1, 0.15) is 11.1 Å². The van der Waals surface area contributed by atoms with E-state index in [0.29, 0.717) is 20.2 Å². The number of nitrogens with zero attached hydrogens (tertiary/aromatic N) is 3. The van der Waals surface area contributed by atoms with E-state index in [1.807, 2.05) is 0 Å². The van der Waals surface area contributed by atoms with Gasteiger partial charge in [-0.05, 0) is 51.8 Å². The summed E-state index contributed by atoms with van der Waals surface area (Å²) in [6.07, 6.45) is 0. The highest BCUT2D eigenvalue weighted by Crippen LogP contribution is 2.45. The monoisotopic (exact) mass is 519 g/mol. The Kier molecular flexibility index (Phi) is 4.72. The Morgan fingerprint density at radius 1 is 1.29 bits per heavy atom. The molecule has 1 aliphatic heterocycles. The van der Waals surface area contributed by atoms with Gasteiger partial charge in [-0.1, -0.05) is 22.9 Å². The molecule has 1 unspecified atom stereocenters. The Morgan fingerprint density at radius 3 is 2.81 bits per heavy atom. The first kappa shape index (κ1) is 20.0. The summed E-state index contributed by atoms with van der Waals surface area (Å²) in [7, 11) is 1.41. The van der Waals surface area contributed by atoms with Crippen molar-refractivity contribution in [3.05, 3.63) is 72.4 Å². The summed E-state index contributed by atoms with van der Waals surface area (Å²) in [6, 6.07) is 6.94. The molecule has 31 heavy (non-hydrogen) atoms. The number of hydrogen-bond acceptors (Lipinski definition) is 8. The normalized spacial score (nSPS) is 15.5. The van der Waals surface area contributed by atoms with Gasteiger partial charge in [-0.2, -0.15) is 0 Å². The van der Waals surface area contributed by atoms with Crippen LogP contribution in [0, 0.1) is 0 Å². The number of carbonyl (C=O) groups excluding carboxylic acids is 1. The lowest BCUT2D eigenvalue weighted by molar-refractivity contribution is 0.0970. The summed E-state index contributed by atoms with van der Waals surface area (Å²) in [5, 5.41) is 19.0. The molecule has 0 radical (unpaired) electrons. The van der Waals surface area contributed by atoms with Gasteiger partial charge in [-0.3, -0.25) is 14.5 Å². The number of phenols is 1. The van der Waals surface area contributed by atoms with Crippen LogP contribution in [0.15, 0.2) is 49.5 Å². The summed E-state index contributed by atoms with van der Waals surface area (Å²) in [4.78, 5) is 28.2. The van der Waals surface area contributed by atoms with E-state index in [9.17, 15) is 14.7 Å². The van der Waals surface area contributed by atoms with E-state index in [4.69, 9.17) is 20.8 Å². The maximum atomic E-state index is 13.5. The minimum absolute atomic E-state index is 0.0804. The van der Waals surface area contributed by atoms with Crippen molar-refractivity contribution in [2.45, 2.75) is 6.04 Å². The topological polar surface area (TPSA) is 106 Å². The number of hydrogen-bond donors (Lipinski definition) is 1. The predicted molar refractivity (Wildman–Crippen MR) is 118 cm³/mol. The van der Waals surface area contributed by atoms with Gasteiger partial charge in [0.25, 0.3) is 5.91 Å². The maximum Gasteiger partial charge on any atom is 0.297 e. The quantitative estimate of drug-likeness (QED) is 0.423. The molecule has 1 aliphatic rings. The number of anilines is 1. The van der Waals surface area contributed by atoms with E-state index in [1.165, 1.54) is 23.6 Å². The largest absolute Gasteiger partial charge is 0.503 e. The van der Waals surface area contributed by atoms with Gasteiger partial charge < -0.3 is 14.3 Å². The first-order valence-electron chi connectivity index (χ1n) is 8.83. The molecule has 2 aromatic heterocycles. The SMILES string of the molecule is COc1cc(C2c3c(oc4ccc(Cl)cc4c3=O)C(=O)N2c2nncs2)cc(Br)c1O. The predicted octanol–water partition coefficient (Wildman–Crippen LogP) is 4.52. The van der Waals surface area contributed by atoms with Crippen LogP contribution in [0.2, 0.25) is 5.02 Å². The molecule has 3 heterocycles. The van der Waals surface area contributed by atoms with Gasteiger partial charge in [0.15, 0.2) is 16.9 Å². The van der Waals surface area contributed by atoms with Crippen LogP contribution in [0.5, 0.6) is 11.5 Å². The fourth-order valence-electron chi connectivity index (χ4n) is 3.64. The van der Waals surface area contributed by atoms with Gasteiger partial charge >= 0.3 is 0 Å². The van der Waals surface area contributed by atoms with Crippen LogP contribution in [0.1, 0.15) is 27.7 Å². The zero-order chi connectivity index (χ0) is 21.9. The number of aromatic nitrogens is 2. The second-order valence-electron chi connectivity index (χ2n) is 6.67. The Balaban J connectivity index is 1.85. The van der Waals surface area contributed by atoms with Crippen molar-refractivity contribution < 1.29 is 19.1 Å². The van der Waals surface area contributed by atoms with E-state index >= 15 is 0 Å². The van der Waals surface area contributed by atoms with Crippen LogP contribution in [0.25, 0.3) is 11.0 Å². The molecule has 0 fully saturated rings. The summed E-state index contributed by atoms with van der Waals surface area (Å²) >= 11 is 10.5. The van der Waals surface area contributed by atoms with Crippen LogP contribution >= 0.6 is 38.9 Å². The third kappa shape index (κ3) is 3.01. The molecule has 5 rings (SSSR count). The molecule has 0 saturated heterocycles. The van der Waals surface area contributed by atoms with Gasteiger partial charge in [-0.15, -0.1) is 10.2 Å². The van der Waals surface area contributed by atoms with E-state index in [0.717, 1.165) is 11.3 Å². The van der Waals surface area contributed by atoms with Crippen LogP contribution in [0.3, 0.4) is 0 Å². The Morgan fingerprint density at radius 2 is 2.10 bits per heavy atom. The summed E-state index contributed by atoms with van der Waals surface area (Å²) in [5.74, 6) is -0.525. The second kappa shape index (κ2) is 7.33. The first-order valence-corrected chi connectivity index (χ1v) is 10.9. The Bertz CT molecular complexity index is 1420. The molecular weight excluding hydrogens is 510 g/mol. The number of carbonyl (C=O) groups is 1. The number of fused-ring (bicyclic) bond motifs is 2. The number of methoxy groups -OCH3 is 1. The molecule has 4 aromatic rings. The molecule has 0 spiro atoms. The lowest BCUT2D eigenvalue weighted by Crippen LogP contribution is -2.29. The number of aromatic hydroxyl groups is 1. The van der Waals surface area contributed by atoms with Gasteiger partial charge in [0, 0.05) is 5.02 Å². The van der Waals surface area contributed by atoms with Crippen molar-refractivity contribution in [1.82, 2.24) is 10.2 Å². The fourth-order valence-corrected chi connectivity index (χ4v) is 4.85. The van der Waals surface area contributed by atoms with Crippen LogP contribution in [-0.2, 0) is 0 Å². The molecule has 8 nitrogen and oxygen atoms in total. The van der Waals surface area contributed by atoms with Crippen LogP contribution < -0.4 is 15.1 Å². The smallest absolute Gasteiger partial charge is 0.297 e. The molecular formula is C20H11BrClN3O5S. The number of halogens is 2. The van der Waals surface area contributed by atoms with Gasteiger partial charge in [0.05, 0.1) is 28.6 Å². The lowest BCUT2D eigenvalue weighted by Gasteiger charge is -2.23. The second-order valence-corrected chi connectivity index (χ2v) is 8.77. The average molecular weight is 521 g/mol. The van der Waals surface area contributed by atoms with E-state index in [1.54, 1.807) is 24.3 Å².